The average Bonchev–Trinajstić information content (AvgIpc) is 2.90. The molecule has 1 aliphatic heterocycles. The number of carbonyl (C=O) groups is 1. The average molecular weight is 309 g/mol. The largest absolute Gasteiger partial charge is 0.497 e. The van der Waals surface area contributed by atoms with E-state index in [0.717, 1.165) is 21.9 Å². The van der Waals surface area contributed by atoms with Crippen LogP contribution in [0.1, 0.15) is 16.7 Å². The van der Waals surface area contributed by atoms with Crippen molar-refractivity contribution in [3.63, 3.8) is 0 Å². The molecule has 110 valence electrons. The van der Waals surface area contributed by atoms with Gasteiger partial charge in [-0.1, -0.05) is 53.7 Å². The van der Waals surface area contributed by atoms with Crippen LogP contribution in [0.5, 0.6) is 5.75 Å². The summed E-state index contributed by atoms with van der Waals surface area (Å²) in [7, 11) is 1.63. The van der Waals surface area contributed by atoms with Crippen LogP contribution in [0.25, 0.3) is 6.08 Å². The fraction of sp³-hybridized carbons (Fsp3) is 0.111. The van der Waals surface area contributed by atoms with E-state index in [4.69, 9.17) is 4.74 Å². The molecule has 1 aliphatic rings. The van der Waals surface area contributed by atoms with Crippen molar-refractivity contribution in [2.24, 2.45) is 4.99 Å². The van der Waals surface area contributed by atoms with Crippen molar-refractivity contribution in [3.05, 3.63) is 70.1 Å². The molecule has 1 heterocycles. The molecular formula is C18H15NO2S. The lowest BCUT2D eigenvalue weighted by Gasteiger charge is -2.01. The summed E-state index contributed by atoms with van der Waals surface area (Å²) in [5.41, 5.74) is 3.12. The van der Waals surface area contributed by atoms with Gasteiger partial charge in [-0.15, -0.1) is 0 Å². The first-order valence-corrected chi connectivity index (χ1v) is 7.71. The Morgan fingerprint density at radius 3 is 2.36 bits per heavy atom. The molecular weight excluding hydrogens is 294 g/mol. The number of benzene rings is 2. The molecule has 0 aromatic heterocycles. The third-order valence-electron chi connectivity index (χ3n) is 3.33. The lowest BCUT2D eigenvalue weighted by Crippen LogP contribution is -1.90. The number of hydrogen-bond acceptors (Lipinski definition) is 3. The number of amides is 1. The Labute approximate surface area is 133 Å². The number of aryl methyl sites for hydroxylation is 1. The third-order valence-corrected chi connectivity index (χ3v) is 4.37. The number of methoxy groups -OCH3 is 1. The summed E-state index contributed by atoms with van der Waals surface area (Å²) >= 11 is 1.41. The quantitative estimate of drug-likeness (QED) is 0.802. The Bertz CT molecular complexity index is 759. The Morgan fingerprint density at radius 1 is 1.05 bits per heavy atom. The molecule has 3 rings (SSSR count). The molecule has 22 heavy (non-hydrogen) atoms. The number of aliphatic imine (C=N–C) groups is 1. The molecule has 1 amide bonds. The van der Waals surface area contributed by atoms with Crippen LogP contribution in [0.15, 0.2) is 58.4 Å². The van der Waals surface area contributed by atoms with Gasteiger partial charge >= 0.3 is 0 Å². The van der Waals surface area contributed by atoms with E-state index in [-0.39, 0.29) is 5.91 Å². The standard InChI is InChI=1S/C18H15NO2S/c1-12-3-7-14(8-4-12)18-19-17(20)16(22-18)11-13-5-9-15(21-2)10-6-13/h3-11H,1-2H3/b16-11-. The third kappa shape index (κ3) is 3.12. The van der Waals surface area contributed by atoms with E-state index in [0.29, 0.717) is 4.91 Å². The van der Waals surface area contributed by atoms with Gasteiger partial charge in [0.05, 0.1) is 12.0 Å². The minimum Gasteiger partial charge on any atom is -0.497 e. The van der Waals surface area contributed by atoms with Gasteiger partial charge in [0.1, 0.15) is 10.8 Å². The lowest BCUT2D eigenvalue weighted by molar-refractivity contribution is -0.113. The number of ether oxygens (including phenoxy) is 1. The van der Waals surface area contributed by atoms with Gasteiger partial charge in [-0.25, -0.2) is 4.99 Å². The minimum atomic E-state index is -0.184. The first-order valence-electron chi connectivity index (χ1n) is 6.89. The molecule has 3 nitrogen and oxygen atoms in total. The highest BCUT2D eigenvalue weighted by molar-refractivity contribution is 8.19. The maximum absolute atomic E-state index is 12.1. The van der Waals surface area contributed by atoms with Crippen LogP contribution < -0.4 is 4.74 Å². The van der Waals surface area contributed by atoms with Gasteiger partial charge in [0.25, 0.3) is 5.91 Å². The molecule has 0 saturated carbocycles. The van der Waals surface area contributed by atoms with E-state index >= 15 is 0 Å². The second-order valence-electron chi connectivity index (χ2n) is 4.97. The Hall–Kier alpha value is -2.33. The fourth-order valence-electron chi connectivity index (χ4n) is 2.08. The summed E-state index contributed by atoms with van der Waals surface area (Å²) in [5, 5.41) is 0.754. The lowest BCUT2D eigenvalue weighted by atomic mass is 10.2. The van der Waals surface area contributed by atoms with E-state index in [9.17, 15) is 4.79 Å². The van der Waals surface area contributed by atoms with E-state index in [1.807, 2.05) is 61.5 Å². The zero-order valence-electron chi connectivity index (χ0n) is 12.4. The van der Waals surface area contributed by atoms with E-state index in [2.05, 4.69) is 4.99 Å². The first kappa shape index (κ1) is 14.6. The molecule has 0 aliphatic carbocycles. The predicted molar refractivity (Wildman–Crippen MR) is 91.3 cm³/mol. The normalized spacial score (nSPS) is 16.0. The Kier molecular flexibility index (Phi) is 4.11. The first-order chi connectivity index (χ1) is 10.7. The smallest absolute Gasteiger partial charge is 0.284 e. The highest BCUT2D eigenvalue weighted by atomic mass is 32.2. The zero-order chi connectivity index (χ0) is 15.5. The molecule has 0 atom stereocenters. The van der Waals surface area contributed by atoms with Crippen molar-refractivity contribution in [2.75, 3.05) is 7.11 Å². The Morgan fingerprint density at radius 2 is 1.73 bits per heavy atom. The molecule has 0 spiro atoms. The predicted octanol–water partition coefficient (Wildman–Crippen LogP) is 4.06. The van der Waals surface area contributed by atoms with Crippen LogP contribution in [-0.4, -0.2) is 18.1 Å². The summed E-state index contributed by atoms with van der Waals surface area (Å²) in [6.45, 7) is 2.04. The van der Waals surface area contributed by atoms with Gasteiger partial charge in [0, 0.05) is 5.56 Å². The molecule has 0 N–H and O–H groups in total. The maximum atomic E-state index is 12.1. The van der Waals surface area contributed by atoms with Gasteiger partial charge < -0.3 is 4.74 Å². The molecule has 2 aromatic carbocycles. The summed E-state index contributed by atoms with van der Waals surface area (Å²) in [4.78, 5) is 16.8. The van der Waals surface area contributed by atoms with Gasteiger partial charge in [0.15, 0.2) is 0 Å². The summed E-state index contributed by atoms with van der Waals surface area (Å²) < 4.78 is 5.13. The molecule has 4 heteroatoms. The van der Waals surface area contributed by atoms with Crippen molar-refractivity contribution >= 4 is 28.8 Å². The highest BCUT2D eigenvalue weighted by Gasteiger charge is 2.22. The molecule has 0 unspecified atom stereocenters. The van der Waals surface area contributed by atoms with Crippen molar-refractivity contribution in [3.8, 4) is 5.75 Å². The van der Waals surface area contributed by atoms with Crippen LogP contribution in [0, 0.1) is 6.92 Å². The van der Waals surface area contributed by atoms with Crippen molar-refractivity contribution in [1.29, 1.82) is 0 Å². The van der Waals surface area contributed by atoms with Gasteiger partial charge in [-0.2, -0.15) is 0 Å². The molecule has 0 fully saturated rings. The van der Waals surface area contributed by atoms with Crippen molar-refractivity contribution in [1.82, 2.24) is 0 Å². The molecule has 0 bridgehead atoms. The Balaban J connectivity index is 1.81. The maximum Gasteiger partial charge on any atom is 0.284 e. The topological polar surface area (TPSA) is 38.7 Å². The van der Waals surface area contributed by atoms with E-state index in [1.165, 1.54) is 17.3 Å². The number of nitrogens with zero attached hydrogens (tertiary/aromatic N) is 1. The number of rotatable bonds is 3. The molecule has 0 radical (unpaired) electrons. The second-order valence-corrected chi connectivity index (χ2v) is 6.00. The van der Waals surface area contributed by atoms with Gasteiger partial charge in [-0.3, -0.25) is 4.79 Å². The summed E-state index contributed by atoms with van der Waals surface area (Å²) in [6.07, 6.45) is 1.86. The zero-order valence-corrected chi connectivity index (χ0v) is 13.2. The second kappa shape index (κ2) is 6.20. The highest BCUT2D eigenvalue weighted by Crippen LogP contribution is 2.32. The number of hydrogen-bond donors (Lipinski definition) is 0. The van der Waals surface area contributed by atoms with Crippen LogP contribution in [0.3, 0.4) is 0 Å². The monoisotopic (exact) mass is 309 g/mol. The van der Waals surface area contributed by atoms with E-state index < -0.39 is 0 Å². The van der Waals surface area contributed by atoms with Crippen molar-refractivity contribution < 1.29 is 9.53 Å². The summed E-state index contributed by atoms with van der Waals surface area (Å²) in [6, 6.07) is 15.6. The number of thioether (sulfide) groups is 1. The van der Waals surface area contributed by atoms with Crippen LogP contribution in [0.4, 0.5) is 0 Å². The van der Waals surface area contributed by atoms with Gasteiger partial charge in [-0.05, 0) is 30.7 Å². The van der Waals surface area contributed by atoms with Gasteiger partial charge in [0.2, 0.25) is 0 Å². The fourth-order valence-corrected chi connectivity index (χ4v) is 3.00. The van der Waals surface area contributed by atoms with Crippen LogP contribution in [0.2, 0.25) is 0 Å². The number of carbonyl (C=O) groups excluding carboxylic acids is 1. The van der Waals surface area contributed by atoms with Crippen LogP contribution >= 0.6 is 11.8 Å². The van der Waals surface area contributed by atoms with E-state index in [1.54, 1.807) is 7.11 Å². The molecule has 0 saturated heterocycles. The summed E-state index contributed by atoms with van der Waals surface area (Å²) in [5.74, 6) is 0.612. The van der Waals surface area contributed by atoms with Crippen LogP contribution in [-0.2, 0) is 4.79 Å². The minimum absolute atomic E-state index is 0.184. The van der Waals surface area contributed by atoms with Crippen molar-refractivity contribution in [2.45, 2.75) is 6.92 Å². The SMILES string of the molecule is COc1ccc(/C=C2\SC(c3ccc(C)cc3)=NC2=O)cc1. The molecule has 2 aromatic rings.